The third-order valence-electron chi connectivity index (χ3n) is 6.33. The summed E-state index contributed by atoms with van der Waals surface area (Å²) in [6.45, 7) is 3.81. The first kappa shape index (κ1) is 27.7. The molecule has 3 aromatic carbocycles. The van der Waals surface area contributed by atoms with Crippen LogP contribution >= 0.6 is 15.9 Å². The van der Waals surface area contributed by atoms with Gasteiger partial charge in [0.05, 0.1) is 29.8 Å². The Labute approximate surface area is 231 Å². The van der Waals surface area contributed by atoms with E-state index in [1.165, 1.54) is 11.6 Å². The molecule has 8 heteroatoms. The second kappa shape index (κ2) is 13.5. The molecule has 0 saturated carbocycles. The number of anilines is 2. The van der Waals surface area contributed by atoms with E-state index in [0.29, 0.717) is 24.4 Å². The molecule has 0 spiro atoms. The van der Waals surface area contributed by atoms with Gasteiger partial charge in [-0.25, -0.2) is 0 Å². The van der Waals surface area contributed by atoms with E-state index in [0.717, 1.165) is 58.4 Å². The SMILES string of the molecule is CCCCOc1ccc([C@@H](O)CNCCc2ccc(Nc3ccc(OC)c(Br)c3)cc2)c2ccc(=O)[nH]c12. The van der Waals surface area contributed by atoms with Crippen LogP contribution in [0.1, 0.15) is 37.0 Å². The number of aromatic amines is 1. The molecule has 1 atom stereocenters. The number of aromatic nitrogens is 1. The average Bonchev–Trinajstić information content (AvgIpc) is 2.92. The second-order valence-corrected chi connectivity index (χ2v) is 9.96. The number of aliphatic hydroxyl groups excluding tert-OH is 1. The van der Waals surface area contributed by atoms with Gasteiger partial charge in [-0.05, 0) is 88.9 Å². The number of unbranched alkanes of at least 4 members (excludes halogenated alkanes) is 1. The zero-order chi connectivity index (χ0) is 26.9. The predicted molar refractivity (Wildman–Crippen MR) is 157 cm³/mol. The molecule has 0 radical (unpaired) electrons. The van der Waals surface area contributed by atoms with Crippen molar-refractivity contribution in [2.75, 3.05) is 32.1 Å². The van der Waals surface area contributed by atoms with Crippen molar-refractivity contribution in [3.05, 3.63) is 92.7 Å². The first-order valence-corrected chi connectivity index (χ1v) is 13.6. The lowest BCUT2D eigenvalue weighted by molar-refractivity contribution is 0.176. The molecule has 4 aromatic rings. The van der Waals surface area contributed by atoms with Gasteiger partial charge in [0.2, 0.25) is 5.56 Å². The summed E-state index contributed by atoms with van der Waals surface area (Å²) in [5.74, 6) is 1.42. The Morgan fingerprint density at radius 3 is 2.50 bits per heavy atom. The van der Waals surface area contributed by atoms with E-state index in [1.54, 1.807) is 13.2 Å². The van der Waals surface area contributed by atoms with Crippen molar-refractivity contribution in [1.29, 1.82) is 0 Å². The molecule has 0 saturated heterocycles. The van der Waals surface area contributed by atoms with Crippen LogP contribution < -0.4 is 25.7 Å². The maximum absolute atomic E-state index is 11.9. The highest BCUT2D eigenvalue weighted by Gasteiger charge is 2.15. The number of fused-ring (bicyclic) bond motifs is 1. The lowest BCUT2D eigenvalue weighted by Crippen LogP contribution is -2.24. The Hall–Kier alpha value is -3.33. The zero-order valence-electron chi connectivity index (χ0n) is 21.7. The Kier molecular flexibility index (Phi) is 9.81. The number of hydrogen-bond acceptors (Lipinski definition) is 6. The van der Waals surface area contributed by atoms with Crippen molar-refractivity contribution in [3.8, 4) is 11.5 Å². The van der Waals surface area contributed by atoms with Gasteiger partial charge in [0.1, 0.15) is 11.5 Å². The smallest absolute Gasteiger partial charge is 0.248 e. The minimum Gasteiger partial charge on any atom is -0.496 e. The molecule has 0 bridgehead atoms. The van der Waals surface area contributed by atoms with Crippen LogP contribution in [0.15, 0.2) is 76.0 Å². The maximum Gasteiger partial charge on any atom is 0.248 e. The Bertz CT molecular complexity index is 1410. The van der Waals surface area contributed by atoms with Gasteiger partial charge in [-0.1, -0.05) is 31.5 Å². The predicted octanol–water partition coefficient (Wildman–Crippen LogP) is 6.09. The van der Waals surface area contributed by atoms with Crippen molar-refractivity contribution < 1.29 is 14.6 Å². The van der Waals surface area contributed by atoms with Gasteiger partial charge in [-0.3, -0.25) is 4.79 Å². The van der Waals surface area contributed by atoms with Crippen LogP contribution in [0.2, 0.25) is 0 Å². The molecule has 0 aliphatic carbocycles. The molecule has 1 heterocycles. The summed E-state index contributed by atoms with van der Waals surface area (Å²) >= 11 is 3.51. The van der Waals surface area contributed by atoms with E-state index in [4.69, 9.17) is 9.47 Å². The monoisotopic (exact) mass is 579 g/mol. The second-order valence-electron chi connectivity index (χ2n) is 9.11. The molecule has 1 aromatic heterocycles. The molecule has 0 amide bonds. The number of H-pyrrole nitrogens is 1. The van der Waals surface area contributed by atoms with Crippen LogP contribution in [0.3, 0.4) is 0 Å². The fourth-order valence-electron chi connectivity index (χ4n) is 4.23. The minimum atomic E-state index is -0.719. The number of ether oxygens (including phenoxy) is 2. The number of methoxy groups -OCH3 is 1. The molecule has 7 nitrogen and oxygen atoms in total. The summed E-state index contributed by atoms with van der Waals surface area (Å²) in [6.07, 6.45) is 2.08. The van der Waals surface area contributed by atoms with Gasteiger partial charge in [0.25, 0.3) is 0 Å². The Morgan fingerprint density at radius 2 is 1.76 bits per heavy atom. The van der Waals surface area contributed by atoms with Crippen LogP contribution in [-0.4, -0.2) is 36.9 Å². The molecule has 0 fully saturated rings. The molecule has 0 aliphatic heterocycles. The lowest BCUT2D eigenvalue weighted by atomic mass is 10.0. The minimum absolute atomic E-state index is 0.194. The fourth-order valence-corrected chi connectivity index (χ4v) is 4.77. The highest BCUT2D eigenvalue weighted by molar-refractivity contribution is 9.10. The first-order valence-electron chi connectivity index (χ1n) is 12.9. The van der Waals surface area contributed by atoms with Crippen LogP contribution in [0.4, 0.5) is 11.4 Å². The third kappa shape index (κ3) is 7.16. The molecule has 0 unspecified atom stereocenters. The van der Waals surface area contributed by atoms with Gasteiger partial charge in [-0.2, -0.15) is 0 Å². The first-order chi connectivity index (χ1) is 18.5. The number of rotatable bonds is 13. The van der Waals surface area contributed by atoms with Crippen LogP contribution in [0, 0.1) is 0 Å². The normalized spacial score (nSPS) is 11.9. The summed E-state index contributed by atoms with van der Waals surface area (Å²) in [5.41, 5.74) is 4.36. The summed E-state index contributed by atoms with van der Waals surface area (Å²) in [6, 6.07) is 21.1. The largest absolute Gasteiger partial charge is 0.496 e. The van der Waals surface area contributed by atoms with Gasteiger partial charge in [0.15, 0.2) is 0 Å². The number of hydrogen-bond donors (Lipinski definition) is 4. The zero-order valence-corrected chi connectivity index (χ0v) is 23.3. The Balaban J connectivity index is 1.31. The van der Waals surface area contributed by atoms with E-state index in [1.807, 2.05) is 30.3 Å². The number of pyridine rings is 1. The third-order valence-corrected chi connectivity index (χ3v) is 6.95. The van der Waals surface area contributed by atoms with Crippen molar-refractivity contribution in [3.63, 3.8) is 0 Å². The molecule has 4 N–H and O–H groups in total. The fraction of sp³-hybridized carbons (Fsp3) is 0.300. The van der Waals surface area contributed by atoms with Crippen molar-refractivity contribution >= 4 is 38.2 Å². The lowest BCUT2D eigenvalue weighted by Gasteiger charge is -2.17. The van der Waals surface area contributed by atoms with Gasteiger partial charge < -0.3 is 30.2 Å². The molecule has 200 valence electrons. The van der Waals surface area contributed by atoms with Crippen molar-refractivity contribution in [2.45, 2.75) is 32.3 Å². The maximum atomic E-state index is 11.9. The van der Waals surface area contributed by atoms with Crippen LogP contribution in [0.5, 0.6) is 11.5 Å². The quantitative estimate of drug-likeness (QED) is 0.143. The molecular formula is C30H34BrN3O4. The van der Waals surface area contributed by atoms with E-state index >= 15 is 0 Å². The van der Waals surface area contributed by atoms with Crippen molar-refractivity contribution in [1.82, 2.24) is 10.3 Å². The summed E-state index contributed by atoms with van der Waals surface area (Å²) in [7, 11) is 1.65. The summed E-state index contributed by atoms with van der Waals surface area (Å²) in [5, 5.41) is 18.4. The molecule has 4 rings (SSSR count). The number of halogens is 1. The molecule has 0 aliphatic rings. The van der Waals surface area contributed by atoms with Crippen molar-refractivity contribution in [2.24, 2.45) is 0 Å². The van der Waals surface area contributed by atoms with Gasteiger partial charge in [-0.15, -0.1) is 0 Å². The van der Waals surface area contributed by atoms with Crippen LogP contribution in [0.25, 0.3) is 10.9 Å². The van der Waals surface area contributed by atoms with E-state index < -0.39 is 6.10 Å². The Morgan fingerprint density at radius 1 is 1.00 bits per heavy atom. The van der Waals surface area contributed by atoms with Crippen LogP contribution in [-0.2, 0) is 6.42 Å². The highest BCUT2D eigenvalue weighted by Crippen LogP contribution is 2.30. The number of benzene rings is 3. The van der Waals surface area contributed by atoms with Gasteiger partial charge in [0, 0.05) is 29.4 Å². The summed E-state index contributed by atoms with van der Waals surface area (Å²) < 4.78 is 12.1. The van der Waals surface area contributed by atoms with E-state index in [2.05, 4.69) is 62.7 Å². The standard InChI is InChI=1S/C30H34BrN3O4/c1-3-4-17-38-28-13-10-23(24-11-14-29(36)34-30(24)28)26(35)19-32-16-15-20-5-7-21(8-6-20)33-22-9-12-27(37-2)25(31)18-22/h5-14,18,26,32-33,35H,3-4,15-17,19H2,1-2H3,(H,34,36)/t26-/m0/s1. The van der Waals surface area contributed by atoms with E-state index in [-0.39, 0.29) is 5.56 Å². The topological polar surface area (TPSA) is 95.6 Å². The molecule has 38 heavy (non-hydrogen) atoms. The van der Waals surface area contributed by atoms with E-state index in [9.17, 15) is 9.90 Å². The summed E-state index contributed by atoms with van der Waals surface area (Å²) in [4.78, 5) is 14.8. The number of nitrogens with one attached hydrogen (secondary N) is 3. The highest BCUT2D eigenvalue weighted by atomic mass is 79.9. The average molecular weight is 581 g/mol. The van der Waals surface area contributed by atoms with Gasteiger partial charge >= 0.3 is 0 Å². The number of aliphatic hydroxyl groups is 1. The molecular weight excluding hydrogens is 546 g/mol.